The van der Waals surface area contributed by atoms with E-state index in [1.165, 1.54) is 12.8 Å². The minimum atomic E-state index is 0.639. The lowest BCUT2D eigenvalue weighted by atomic mass is 10.2. The molecule has 0 aliphatic carbocycles. The third-order valence-corrected chi connectivity index (χ3v) is 3.91. The van der Waals surface area contributed by atoms with Crippen LogP contribution in [0.3, 0.4) is 0 Å². The second-order valence-corrected chi connectivity index (χ2v) is 5.10. The fraction of sp³-hybridized carbons (Fsp3) is 0.583. The van der Waals surface area contributed by atoms with Gasteiger partial charge in [-0.25, -0.2) is 4.98 Å². The quantitative estimate of drug-likeness (QED) is 0.598. The molecule has 0 spiro atoms. The third-order valence-electron chi connectivity index (χ3n) is 2.48. The van der Waals surface area contributed by atoms with E-state index in [-0.39, 0.29) is 0 Å². The molecule has 1 heterocycles. The summed E-state index contributed by atoms with van der Waals surface area (Å²) in [5.74, 6) is 1.01. The summed E-state index contributed by atoms with van der Waals surface area (Å²) in [7, 11) is 0. The first-order valence-corrected chi connectivity index (χ1v) is 7.11. The molecule has 1 aromatic rings. The van der Waals surface area contributed by atoms with Gasteiger partial charge in [-0.3, -0.25) is 0 Å². The van der Waals surface area contributed by atoms with Crippen LogP contribution in [0.2, 0.25) is 5.02 Å². The van der Waals surface area contributed by atoms with Crippen molar-refractivity contribution >= 4 is 23.4 Å². The highest BCUT2D eigenvalue weighted by Gasteiger charge is 2.03. The number of nitrogens with zero attached hydrogens (tertiary/aromatic N) is 1. The fourth-order valence-corrected chi connectivity index (χ4v) is 2.51. The number of rotatable bonds is 7. The van der Waals surface area contributed by atoms with Crippen molar-refractivity contribution in [3.05, 3.63) is 23.4 Å². The Morgan fingerprint density at radius 3 is 2.81 bits per heavy atom. The van der Waals surface area contributed by atoms with Crippen LogP contribution in [0.5, 0.6) is 0 Å². The van der Waals surface area contributed by atoms with Crippen LogP contribution in [0.15, 0.2) is 23.4 Å². The molecule has 0 aliphatic heterocycles. The number of hydrogen-bond donors (Lipinski definition) is 1. The Morgan fingerprint density at radius 1 is 1.44 bits per heavy atom. The second-order valence-electron chi connectivity index (χ2n) is 3.61. The molecule has 0 unspecified atom stereocenters. The predicted molar refractivity (Wildman–Crippen MR) is 72.3 cm³/mol. The highest BCUT2D eigenvalue weighted by atomic mass is 35.5. The summed E-state index contributed by atoms with van der Waals surface area (Å²) in [6.45, 7) is 5.43. The van der Waals surface area contributed by atoms with Gasteiger partial charge < -0.3 is 5.32 Å². The molecular weight excluding hydrogens is 240 g/mol. The Morgan fingerprint density at radius 2 is 2.19 bits per heavy atom. The molecule has 0 atom stereocenters. The maximum atomic E-state index is 6.02. The van der Waals surface area contributed by atoms with E-state index in [9.17, 15) is 0 Å². The maximum absolute atomic E-state index is 6.02. The molecule has 0 bridgehead atoms. The third kappa shape index (κ3) is 4.73. The lowest BCUT2D eigenvalue weighted by Crippen LogP contribution is -2.29. The van der Waals surface area contributed by atoms with Gasteiger partial charge in [0.2, 0.25) is 0 Å². The van der Waals surface area contributed by atoms with E-state index in [1.54, 1.807) is 18.0 Å². The lowest BCUT2D eigenvalue weighted by Gasteiger charge is -2.14. The Bertz CT molecular complexity index is 303. The molecule has 0 aliphatic rings. The van der Waals surface area contributed by atoms with Crippen molar-refractivity contribution in [1.82, 2.24) is 10.3 Å². The van der Waals surface area contributed by atoms with Gasteiger partial charge in [0, 0.05) is 24.5 Å². The summed E-state index contributed by atoms with van der Waals surface area (Å²) in [6, 6.07) is 4.37. The molecule has 16 heavy (non-hydrogen) atoms. The van der Waals surface area contributed by atoms with E-state index in [0.29, 0.717) is 6.04 Å². The van der Waals surface area contributed by atoms with E-state index in [4.69, 9.17) is 11.6 Å². The number of nitrogens with one attached hydrogen (secondary N) is 1. The van der Waals surface area contributed by atoms with Crippen molar-refractivity contribution in [2.75, 3.05) is 12.3 Å². The van der Waals surface area contributed by atoms with E-state index in [0.717, 1.165) is 22.3 Å². The fourth-order valence-electron chi connectivity index (χ4n) is 1.47. The molecule has 1 rings (SSSR count). The summed E-state index contributed by atoms with van der Waals surface area (Å²) in [5, 5.41) is 5.19. The van der Waals surface area contributed by atoms with E-state index < -0.39 is 0 Å². The molecule has 2 nitrogen and oxygen atoms in total. The van der Waals surface area contributed by atoms with Gasteiger partial charge >= 0.3 is 0 Å². The molecular formula is C12H19ClN2S. The standard InChI is InChI=1S/C12H19ClN2S/c1-3-10(4-2)14-8-9-16-12-11(13)6-5-7-15-12/h5-7,10,14H,3-4,8-9H2,1-2H3. The van der Waals surface area contributed by atoms with Crippen molar-refractivity contribution in [2.45, 2.75) is 37.8 Å². The zero-order valence-electron chi connectivity index (χ0n) is 9.87. The minimum absolute atomic E-state index is 0.639. The van der Waals surface area contributed by atoms with Gasteiger partial charge in [0.25, 0.3) is 0 Å². The largest absolute Gasteiger partial charge is 0.313 e. The van der Waals surface area contributed by atoms with Crippen LogP contribution >= 0.6 is 23.4 Å². The molecule has 1 N–H and O–H groups in total. The van der Waals surface area contributed by atoms with Crippen LogP contribution in [-0.4, -0.2) is 23.3 Å². The maximum Gasteiger partial charge on any atom is 0.115 e. The van der Waals surface area contributed by atoms with Gasteiger partial charge in [-0.15, -0.1) is 11.8 Å². The first-order chi connectivity index (χ1) is 7.77. The van der Waals surface area contributed by atoms with E-state index >= 15 is 0 Å². The molecule has 0 aromatic carbocycles. The highest BCUT2D eigenvalue weighted by Crippen LogP contribution is 2.23. The monoisotopic (exact) mass is 258 g/mol. The Balaban J connectivity index is 2.23. The normalized spacial score (nSPS) is 11.0. The zero-order valence-corrected chi connectivity index (χ0v) is 11.4. The van der Waals surface area contributed by atoms with Crippen LogP contribution < -0.4 is 5.32 Å². The highest BCUT2D eigenvalue weighted by molar-refractivity contribution is 7.99. The van der Waals surface area contributed by atoms with Crippen molar-refractivity contribution < 1.29 is 0 Å². The Labute approximate surface area is 107 Å². The Kier molecular flexibility index (Phi) is 6.85. The zero-order chi connectivity index (χ0) is 11.8. The summed E-state index contributed by atoms with van der Waals surface area (Å²) in [4.78, 5) is 4.24. The predicted octanol–water partition coefficient (Wildman–Crippen LogP) is 3.61. The van der Waals surface area contributed by atoms with E-state index in [1.807, 2.05) is 12.1 Å². The lowest BCUT2D eigenvalue weighted by molar-refractivity contribution is 0.501. The van der Waals surface area contributed by atoms with Gasteiger partial charge in [-0.1, -0.05) is 25.4 Å². The van der Waals surface area contributed by atoms with Crippen LogP contribution in [0.4, 0.5) is 0 Å². The van der Waals surface area contributed by atoms with Crippen molar-refractivity contribution in [2.24, 2.45) is 0 Å². The number of thioether (sulfide) groups is 1. The number of hydrogen-bond acceptors (Lipinski definition) is 3. The average Bonchev–Trinajstić information content (AvgIpc) is 2.31. The molecule has 0 fully saturated rings. The van der Waals surface area contributed by atoms with Gasteiger partial charge in [-0.05, 0) is 25.0 Å². The van der Waals surface area contributed by atoms with Gasteiger partial charge in [-0.2, -0.15) is 0 Å². The molecule has 4 heteroatoms. The number of aromatic nitrogens is 1. The van der Waals surface area contributed by atoms with Crippen molar-refractivity contribution in [1.29, 1.82) is 0 Å². The van der Waals surface area contributed by atoms with Gasteiger partial charge in [0.15, 0.2) is 0 Å². The summed E-state index contributed by atoms with van der Waals surface area (Å²) >= 11 is 7.72. The van der Waals surface area contributed by atoms with Gasteiger partial charge in [0.05, 0.1) is 5.02 Å². The summed E-state index contributed by atoms with van der Waals surface area (Å²) in [5.41, 5.74) is 0. The molecule has 1 aromatic heterocycles. The van der Waals surface area contributed by atoms with Crippen LogP contribution in [-0.2, 0) is 0 Å². The molecule has 0 amide bonds. The Hall–Kier alpha value is -0.250. The molecule has 90 valence electrons. The number of halogens is 1. The summed E-state index contributed by atoms with van der Waals surface area (Å²) in [6.07, 6.45) is 4.15. The van der Waals surface area contributed by atoms with Crippen molar-refractivity contribution in [3.8, 4) is 0 Å². The minimum Gasteiger partial charge on any atom is -0.313 e. The molecule has 0 saturated carbocycles. The number of pyridine rings is 1. The SMILES string of the molecule is CCC(CC)NCCSc1ncccc1Cl. The first-order valence-electron chi connectivity index (χ1n) is 5.74. The smallest absolute Gasteiger partial charge is 0.115 e. The summed E-state index contributed by atoms with van der Waals surface area (Å²) < 4.78 is 0. The van der Waals surface area contributed by atoms with E-state index in [2.05, 4.69) is 24.1 Å². The van der Waals surface area contributed by atoms with Crippen LogP contribution in [0.1, 0.15) is 26.7 Å². The first kappa shape index (κ1) is 13.8. The van der Waals surface area contributed by atoms with Crippen molar-refractivity contribution in [3.63, 3.8) is 0 Å². The molecule has 0 saturated heterocycles. The van der Waals surface area contributed by atoms with Gasteiger partial charge in [0.1, 0.15) is 5.03 Å². The molecule has 0 radical (unpaired) electrons. The van der Waals surface area contributed by atoms with Crippen LogP contribution in [0, 0.1) is 0 Å². The van der Waals surface area contributed by atoms with Crippen LogP contribution in [0.25, 0.3) is 0 Å². The second kappa shape index (κ2) is 7.93. The average molecular weight is 259 g/mol. The topological polar surface area (TPSA) is 24.9 Å².